The first-order chi connectivity index (χ1) is 15.5. The molecule has 2 heterocycles. The van der Waals surface area contributed by atoms with Crippen molar-refractivity contribution < 1.29 is 14.3 Å². The highest BCUT2D eigenvalue weighted by molar-refractivity contribution is 7.23. The molecule has 5 rings (SSSR count). The average molecular weight is 463 g/mol. The normalized spacial score (nSPS) is 15.4. The zero-order chi connectivity index (χ0) is 22.2. The summed E-state index contributed by atoms with van der Waals surface area (Å²) < 4.78 is 5.87. The summed E-state index contributed by atoms with van der Waals surface area (Å²) in [7, 11) is 1.34. The van der Waals surface area contributed by atoms with Crippen LogP contribution in [0.2, 0.25) is 0 Å². The Kier molecular flexibility index (Phi) is 5.53. The van der Waals surface area contributed by atoms with Gasteiger partial charge in [-0.2, -0.15) is 0 Å². The van der Waals surface area contributed by atoms with E-state index in [9.17, 15) is 9.59 Å². The van der Waals surface area contributed by atoms with Crippen molar-refractivity contribution in [2.24, 2.45) is 5.92 Å². The number of para-hydroxylation sites is 1. The van der Waals surface area contributed by atoms with E-state index < -0.39 is 5.97 Å². The minimum atomic E-state index is -0.421. The number of benzene rings is 2. The zero-order valence-electron chi connectivity index (χ0n) is 17.8. The Balaban J connectivity index is 1.52. The molecule has 162 valence electrons. The van der Waals surface area contributed by atoms with Crippen LogP contribution >= 0.6 is 22.7 Å². The van der Waals surface area contributed by atoms with Gasteiger partial charge in [-0.15, -0.1) is 22.7 Å². The highest BCUT2D eigenvalue weighted by Gasteiger charge is 2.27. The maximum atomic E-state index is 13.1. The third-order valence-corrected chi connectivity index (χ3v) is 8.04. The molecule has 0 aliphatic heterocycles. The number of carbonyl (C=O) groups excluding carboxylic acids is 2. The Morgan fingerprint density at radius 2 is 1.81 bits per heavy atom. The van der Waals surface area contributed by atoms with E-state index >= 15 is 0 Å². The van der Waals surface area contributed by atoms with Crippen molar-refractivity contribution in [3.8, 4) is 10.6 Å². The number of ether oxygens (including phenoxy) is 1. The fourth-order valence-corrected chi connectivity index (χ4v) is 6.61. The summed E-state index contributed by atoms with van der Waals surface area (Å²) in [5, 5.41) is 4.94. The molecular weight excluding hydrogens is 440 g/mol. The van der Waals surface area contributed by atoms with Crippen molar-refractivity contribution in [2.45, 2.75) is 26.2 Å². The Labute approximate surface area is 194 Å². The summed E-state index contributed by atoms with van der Waals surface area (Å²) in [6.07, 6.45) is 3.17. The monoisotopic (exact) mass is 462 g/mol. The maximum Gasteiger partial charge on any atom is 0.337 e. The molecule has 0 fully saturated rings. The smallest absolute Gasteiger partial charge is 0.337 e. The first-order valence-electron chi connectivity index (χ1n) is 10.5. The second-order valence-corrected chi connectivity index (χ2v) is 10.2. The number of thiazole rings is 1. The number of nitrogens with zero attached hydrogens (tertiary/aromatic N) is 1. The van der Waals surface area contributed by atoms with E-state index in [0.29, 0.717) is 17.0 Å². The highest BCUT2D eigenvalue weighted by atomic mass is 32.1. The van der Waals surface area contributed by atoms with Gasteiger partial charge in [-0.25, -0.2) is 9.78 Å². The number of aromatic nitrogens is 1. The van der Waals surface area contributed by atoms with Crippen LogP contribution in [0.3, 0.4) is 0 Å². The van der Waals surface area contributed by atoms with Gasteiger partial charge in [0.1, 0.15) is 10.0 Å². The van der Waals surface area contributed by atoms with Crippen LogP contribution in [0.4, 0.5) is 5.00 Å². The molecule has 1 N–H and O–H groups in total. The van der Waals surface area contributed by atoms with Crippen molar-refractivity contribution in [3.05, 3.63) is 70.1 Å². The van der Waals surface area contributed by atoms with Crippen LogP contribution in [0.25, 0.3) is 20.8 Å². The number of fused-ring (bicyclic) bond motifs is 2. The number of carbonyl (C=O) groups is 2. The minimum Gasteiger partial charge on any atom is -0.465 e. The van der Waals surface area contributed by atoms with Crippen LogP contribution in [0.1, 0.15) is 44.5 Å². The van der Waals surface area contributed by atoms with E-state index in [1.165, 1.54) is 17.6 Å². The number of anilines is 1. The molecular formula is C25H22N2O3S2. The van der Waals surface area contributed by atoms with E-state index in [0.717, 1.165) is 45.1 Å². The molecule has 7 heteroatoms. The van der Waals surface area contributed by atoms with E-state index in [1.54, 1.807) is 46.9 Å². The Bertz CT molecular complexity index is 1290. The number of methoxy groups -OCH3 is 1. The summed E-state index contributed by atoms with van der Waals surface area (Å²) in [5.41, 5.74) is 4.28. The number of amides is 1. The lowest BCUT2D eigenvalue weighted by atomic mass is 9.88. The Morgan fingerprint density at radius 3 is 2.56 bits per heavy atom. The molecule has 1 atom stereocenters. The van der Waals surface area contributed by atoms with Gasteiger partial charge >= 0.3 is 5.97 Å². The maximum absolute atomic E-state index is 13.1. The number of nitrogens with one attached hydrogen (secondary N) is 1. The predicted molar refractivity (Wildman–Crippen MR) is 130 cm³/mol. The van der Waals surface area contributed by atoms with Crippen LogP contribution in [0.5, 0.6) is 0 Å². The third kappa shape index (κ3) is 3.82. The summed E-state index contributed by atoms with van der Waals surface area (Å²) >= 11 is 3.33. The molecule has 0 saturated heterocycles. The van der Waals surface area contributed by atoms with E-state index in [4.69, 9.17) is 9.72 Å². The van der Waals surface area contributed by atoms with Crippen LogP contribution in [0.15, 0.2) is 48.5 Å². The van der Waals surface area contributed by atoms with Gasteiger partial charge in [0.05, 0.1) is 22.9 Å². The van der Waals surface area contributed by atoms with E-state index in [1.807, 2.05) is 18.2 Å². The molecule has 1 aliphatic carbocycles. The molecule has 0 spiro atoms. The average Bonchev–Trinajstić information content (AvgIpc) is 3.38. The standard InChI is InChI=1S/C25H22N2O3S2/c1-14-7-12-17-20(13-14)32-24(21(17)23-26-18-5-3-4-6-19(18)31-23)27-22(28)15-8-10-16(11-9-15)25(29)30-2/h3-6,8-11,14H,7,12-13H2,1-2H3,(H,27,28). The molecule has 4 aromatic rings. The van der Waals surface area contributed by atoms with Gasteiger partial charge in [-0.3, -0.25) is 4.79 Å². The van der Waals surface area contributed by atoms with Crippen LogP contribution in [-0.4, -0.2) is 24.0 Å². The predicted octanol–water partition coefficient (Wildman–Crippen LogP) is 6.19. The lowest BCUT2D eigenvalue weighted by Crippen LogP contribution is -2.12. The summed E-state index contributed by atoms with van der Waals surface area (Å²) in [6, 6.07) is 14.6. The van der Waals surface area contributed by atoms with Gasteiger partial charge in [-0.05, 0) is 67.1 Å². The van der Waals surface area contributed by atoms with Crippen molar-refractivity contribution >= 4 is 49.8 Å². The third-order valence-electron chi connectivity index (χ3n) is 5.81. The first-order valence-corrected chi connectivity index (χ1v) is 12.2. The number of rotatable bonds is 4. The molecule has 5 nitrogen and oxygen atoms in total. The van der Waals surface area contributed by atoms with Gasteiger partial charge in [0.25, 0.3) is 5.91 Å². The number of thiophene rings is 1. The van der Waals surface area contributed by atoms with Crippen LogP contribution < -0.4 is 5.32 Å². The fraction of sp³-hybridized carbons (Fsp3) is 0.240. The second kappa shape index (κ2) is 8.48. The van der Waals surface area contributed by atoms with Crippen molar-refractivity contribution in [3.63, 3.8) is 0 Å². The molecule has 32 heavy (non-hydrogen) atoms. The molecule has 2 aromatic heterocycles. The summed E-state index contributed by atoms with van der Waals surface area (Å²) in [4.78, 5) is 31.0. The zero-order valence-corrected chi connectivity index (χ0v) is 19.4. The molecule has 1 aliphatic rings. The van der Waals surface area contributed by atoms with Crippen molar-refractivity contribution in [1.82, 2.24) is 4.98 Å². The SMILES string of the molecule is COC(=O)c1ccc(C(=O)Nc2sc3c(c2-c2nc4ccccc4s2)CCC(C)C3)cc1. The summed E-state index contributed by atoms with van der Waals surface area (Å²) in [5.74, 6) is 0.0179. The molecule has 0 saturated carbocycles. The molecule has 2 aromatic carbocycles. The van der Waals surface area contributed by atoms with Crippen molar-refractivity contribution in [2.75, 3.05) is 12.4 Å². The largest absolute Gasteiger partial charge is 0.465 e. The minimum absolute atomic E-state index is 0.199. The summed E-state index contributed by atoms with van der Waals surface area (Å²) in [6.45, 7) is 2.28. The van der Waals surface area contributed by atoms with E-state index in [-0.39, 0.29) is 5.91 Å². The Morgan fingerprint density at radius 1 is 1.06 bits per heavy atom. The van der Waals surface area contributed by atoms with E-state index in [2.05, 4.69) is 18.3 Å². The molecule has 1 amide bonds. The number of hydrogen-bond donors (Lipinski definition) is 1. The van der Waals surface area contributed by atoms with Gasteiger partial charge in [0, 0.05) is 16.0 Å². The lowest BCUT2D eigenvalue weighted by Gasteiger charge is -2.18. The molecule has 1 unspecified atom stereocenters. The lowest BCUT2D eigenvalue weighted by molar-refractivity contribution is 0.0600. The Hall–Kier alpha value is -3.03. The van der Waals surface area contributed by atoms with Crippen LogP contribution in [0, 0.1) is 5.92 Å². The van der Waals surface area contributed by atoms with Crippen molar-refractivity contribution in [1.29, 1.82) is 0 Å². The number of esters is 1. The quantitative estimate of drug-likeness (QED) is 0.367. The first kappa shape index (κ1) is 20.8. The number of hydrogen-bond acceptors (Lipinski definition) is 6. The van der Waals surface area contributed by atoms with Gasteiger partial charge in [-0.1, -0.05) is 19.1 Å². The highest BCUT2D eigenvalue weighted by Crippen LogP contribution is 2.47. The molecule has 0 bridgehead atoms. The van der Waals surface area contributed by atoms with Gasteiger partial charge in [0.15, 0.2) is 0 Å². The van der Waals surface area contributed by atoms with Gasteiger partial charge < -0.3 is 10.1 Å². The second-order valence-electron chi connectivity index (χ2n) is 8.07. The van der Waals surface area contributed by atoms with Crippen LogP contribution in [-0.2, 0) is 17.6 Å². The topological polar surface area (TPSA) is 68.3 Å². The van der Waals surface area contributed by atoms with Gasteiger partial charge in [0.2, 0.25) is 0 Å². The fourth-order valence-electron chi connectivity index (χ4n) is 4.10. The molecule has 0 radical (unpaired) electrons.